The van der Waals surface area contributed by atoms with Gasteiger partial charge in [-0.25, -0.2) is 0 Å². The summed E-state index contributed by atoms with van der Waals surface area (Å²) in [6, 6.07) is 14.8. The molecule has 0 radical (unpaired) electrons. The van der Waals surface area contributed by atoms with E-state index < -0.39 is 0 Å². The Kier molecular flexibility index (Phi) is 4.36. The molecule has 3 aromatic rings. The molecule has 0 bridgehead atoms. The van der Waals surface area contributed by atoms with Gasteiger partial charge in [0.1, 0.15) is 0 Å². The zero-order valence-electron chi connectivity index (χ0n) is 13.8. The van der Waals surface area contributed by atoms with E-state index in [2.05, 4.69) is 63.7 Å². The number of anilines is 1. The monoisotopic (exact) mass is 339 g/mol. The molecule has 1 aliphatic heterocycles. The van der Waals surface area contributed by atoms with E-state index in [1.807, 2.05) is 6.07 Å². The van der Waals surface area contributed by atoms with Gasteiger partial charge in [0, 0.05) is 44.5 Å². The largest absolute Gasteiger partial charge is 0.369 e. The molecule has 1 aliphatic rings. The second kappa shape index (κ2) is 6.79. The van der Waals surface area contributed by atoms with Crippen LogP contribution >= 0.6 is 11.3 Å². The van der Waals surface area contributed by atoms with Gasteiger partial charge in [-0.2, -0.15) is 0 Å². The van der Waals surface area contributed by atoms with E-state index in [0.29, 0.717) is 0 Å². The lowest BCUT2D eigenvalue weighted by Crippen LogP contribution is -2.46. The highest BCUT2D eigenvalue weighted by atomic mass is 32.1. The van der Waals surface area contributed by atoms with E-state index in [1.54, 1.807) is 11.3 Å². The van der Waals surface area contributed by atoms with Crippen molar-refractivity contribution in [3.05, 3.63) is 59.1 Å². The van der Waals surface area contributed by atoms with Crippen LogP contribution < -0.4 is 4.90 Å². The van der Waals surface area contributed by atoms with Crippen LogP contribution in [0.1, 0.15) is 11.3 Å². The fraction of sp³-hybridized carbons (Fsp3) is 0.316. The van der Waals surface area contributed by atoms with Crippen molar-refractivity contribution in [1.29, 1.82) is 0 Å². The standard InChI is InChI=1S/C19H21N3OS/c1-15-5-2-3-6-17(15)22-10-8-21(9-11-22)14-16-13-18(23-20-16)19-7-4-12-24-19/h2-7,12-13H,8-11,14H2,1H3. The molecule has 0 atom stereocenters. The van der Waals surface area contributed by atoms with Crippen molar-refractivity contribution in [1.82, 2.24) is 10.1 Å². The second-order valence-electron chi connectivity index (χ2n) is 6.21. The summed E-state index contributed by atoms with van der Waals surface area (Å²) in [5, 5.41) is 6.29. The van der Waals surface area contributed by atoms with Gasteiger partial charge in [-0.1, -0.05) is 29.4 Å². The van der Waals surface area contributed by atoms with E-state index >= 15 is 0 Å². The summed E-state index contributed by atoms with van der Waals surface area (Å²) >= 11 is 1.68. The summed E-state index contributed by atoms with van der Waals surface area (Å²) in [5.74, 6) is 0.874. The highest BCUT2D eigenvalue weighted by Crippen LogP contribution is 2.26. The zero-order chi connectivity index (χ0) is 16.4. The molecule has 0 N–H and O–H groups in total. The number of aryl methyl sites for hydroxylation is 1. The van der Waals surface area contributed by atoms with Gasteiger partial charge in [0.15, 0.2) is 5.76 Å². The Hall–Kier alpha value is -2.11. The van der Waals surface area contributed by atoms with E-state index in [9.17, 15) is 0 Å². The quantitative estimate of drug-likeness (QED) is 0.718. The number of hydrogen-bond donors (Lipinski definition) is 0. The predicted octanol–water partition coefficient (Wildman–Crippen LogP) is 4.03. The summed E-state index contributed by atoms with van der Waals surface area (Å²) in [6.45, 7) is 7.26. The number of thiophene rings is 1. The topological polar surface area (TPSA) is 32.5 Å². The third kappa shape index (κ3) is 3.23. The Balaban J connectivity index is 1.36. The lowest BCUT2D eigenvalue weighted by atomic mass is 10.1. The van der Waals surface area contributed by atoms with Crippen LogP contribution in [0.15, 0.2) is 52.4 Å². The maximum Gasteiger partial charge on any atom is 0.177 e. The highest BCUT2D eigenvalue weighted by Gasteiger charge is 2.19. The minimum absolute atomic E-state index is 0.858. The first-order valence-corrected chi connectivity index (χ1v) is 9.20. The lowest BCUT2D eigenvalue weighted by molar-refractivity contribution is 0.242. The fourth-order valence-electron chi connectivity index (χ4n) is 3.22. The lowest BCUT2D eigenvalue weighted by Gasteiger charge is -2.36. The van der Waals surface area contributed by atoms with Crippen LogP contribution in [0.3, 0.4) is 0 Å². The van der Waals surface area contributed by atoms with Crippen LogP contribution in [0.4, 0.5) is 5.69 Å². The minimum Gasteiger partial charge on any atom is -0.369 e. The molecule has 5 heteroatoms. The van der Waals surface area contributed by atoms with Crippen LogP contribution in [0, 0.1) is 6.92 Å². The number of para-hydroxylation sites is 1. The SMILES string of the molecule is Cc1ccccc1N1CCN(Cc2cc(-c3cccs3)on2)CC1. The van der Waals surface area contributed by atoms with Gasteiger partial charge < -0.3 is 9.42 Å². The first-order valence-electron chi connectivity index (χ1n) is 8.32. The molecule has 0 amide bonds. The van der Waals surface area contributed by atoms with Crippen molar-refractivity contribution >= 4 is 17.0 Å². The first kappa shape index (κ1) is 15.4. The molecule has 2 aromatic heterocycles. The molecule has 124 valence electrons. The normalized spacial score (nSPS) is 15.8. The number of hydrogen-bond acceptors (Lipinski definition) is 5. The maximum absolute atomic E-state index is 5.48. The van der Waals surface area contributed by atoms with Crippen LogP contribution in [0.2, 0.25) is 0 Å². The molecular formula is C19H21N3OS. The summed E-state index contributed by atoms with van der Waals surface area (Å²) in [6.07, 6.45) is 0. The van der Waals surface area contributed by atoms with Crippen molar-refractivity contribution in [2.45, 2.75) is 13.5 Å². The van der Waals surface area contributed by atoms with Crippen LogP contribution in [0.5, 0.6) is 0 Å². The number of aromatic nitrogens is 1. The fourth-order valence-corrected chi connectivity index (χ4v) is 3.89. The van der Waals surface area contributed by atoms with Gasteiger partial charge in [0.2, 0.25) is 0 Å². The Morgan fingerprint density at radius 2 is 1.92 bits per heavy atom. The Labute approximate surface area is 146 Å². The maximum atomic E-state index is 5.48. The summed E-state index contributed by atoms with van der Waals surface area (Å²) in [7, 11) is 0. The summed E-state index contributed by atoms with van der Waals surface area (Å²) in [4.78, 5) is 6.06. The predicted molar refractivity (Wildman–Crippen MR) is 98.5 cm³/mol. The molecule has 4 rings (SSSR count). The molecule has 1 aromatic carbocycles. The van der Waals surface area contributed by atoms with E-state index in [1.165, 1.54) is 11.3 Å². The van der Waals surface area contributed by atoms with Gasteiger partial charge >= 0.3 is 0 Å². The molecule has 3 heterocycles. The molecule has 0 unspecified atom stereocenters. The molecule has 4 nitrogen and oxygen atoms in total. The number of benzene rings is 1. The van der Waals surface area contributed by atoms with E-state index in [0.717, 1.165) is 49.1 Å². The van der Waals surface area contributed by atoms with Gasteiger partial charge in [0.05, 0.1) is 10.6 Å². The van der Waals surface area contributed by atoms with Crippen molar-refractivity contribution in [2.24, 2.45) is 0 Å². The number of piperazine rings is 1. The second-order valence-corrected chi connectivity index (χ2v) is 7.16. The van der Waals surface area contributed by atoms with Crippen molar-refractivity contribution in [3.8, 4) is 10.6 Å². The van der Waals surface area contributed by atoms with Crippen LogP contribution in [-0.4, -0.2) is 36.2 Å². The Morgan fingerprint density at radius 3 is 2.67 bits per heavy atom. The Bertz CT molecular complexity index is 789. The third-order valence-corrected chi connectivity index (χ3v) is 5.42. The van der Waals surface area contributed by atoms with Crippen LogP contribution in [0.25, 0.3) is 10.6 Å². The number of nitrogens with zero attached hydrogens (tertiary/aromatic N) is 3. The van der Waals surface area contributed by atoms with Crippen LogP contribution in [-0.2, 0) is 6.54 Å². The molecule has 1 saturated heterocycles. The molecule has 24 heavy (non-hydrogen) atoms. The van der Waals surface area contributed by atoms with Crippen molar-refractivity contribution in [3.63, 3.8) is 0 Å². The van der Waals surface area contributed by atoms with Gasteiger partial charge in [-0.05, 0) is 30.0 Å². The number of rotatable bonds is 4. The average Bonchev–Trinajstić information content (AvgIpc) is 3.27. The zero-order valence-corrected chi connectivity index (χ0v) is 14.6. The molecule has 0 saturated carbocycles. The average molecular weight is 339 g/mol. The van der Waals surface area contributed by atoms with Gasteiger partial charge in [0.25, 0.3) is 0 Å². The first-order chi connectivity index (χ1) is 11.8. The van der Waals surface area contributed by atoms with E-state index in [4.69, 9.17) is 4.52 Å². The summed E-state index contributed by atoms with van der Waals surface area (Å²) in [5.41, 5.74) is 3.73. The molecule has 1 fully saturated rings. The van der Waals surface area contributed by atoms with Gasteiger partial charge in [-0.15, -0.1) is 11.3 Å². The smallest absolute Gasteiger partial charge is 0.177 e. The van der Waals surface area contributed by atoms with Gasteiger partial charge in [-0.3, -0.25) is 4.90 Å². The highest BCUT2D eigenvalue weighted by molar-refractivity contribution is 7.13. The van der Waals surface area contributed by atoms with E-state index in [-0.39, 0.29) is 0 Å². The molecule has 0 spiro atoms. The van der Waals surface area contributed by atoms with Crippen molar-refractivity contribution < 1.29 is 4.52 Å². The summed E-state index contributed by atoms with van der Waals surface area (Å²) < 4.78 is 5.48. The molecular weight excluding hydrogens is 318 g/mol. The van der Waals surface area contributed by atoms with Crippen molar-refractivity contribution in [2.75, 3.05) is 31.1 Å². The Morgan fingerprint density at radius 1 is 1.08 bits per heavy atom. The molecule has 0 aliphatic carbocycles. The third-order valence-electron chi connectivity index (χ3n) is 4.54. The minimum atomic E-state index is 0.858.